The van der Waals surface area contributed by atoms with E-state index in [9.17, 15) is 8.42 Å². The first-order valence-corrected chi connectivity index (χ1v) is 7.08. The number of nitrogens with zero attached hydrogens (tertiary/aromatic N) is 2. The van der Waals surface area contributed by atoms with E-state index in [0.29, 0.717) is 18.8 Å². The Morgan fingerprint density at radius 3 is 2.83 bits per heavy atom. The lowest BCUT2D eigenvalue weighted by Crippen LogP contribution is -2.33. The summed E-state index contributed by atoms with van der Waals surface area (Å²) in [4.78, 5) is 5.85. The van der Waals surface area contributed by atoms with Crippen LogP contribution in [0, 0.1) is 0 Å². The van der Waals surface area contributed by atoms with Crippen molar-refractivity contribution in [3.05, 3.63) is 18.5 Å². The molecular formula is C10H19N5O2S. The SMILES string of the molecule is CCN(C)CCNS(=O)(=O)c1cnccc1NN. The summed E-state index contributed by atoms with van der Waals surface area (Å²) in [6.07, 6.45) is 2.74. The van der Waals surface area contributed by atoms with Crippen LogP contribution >= 0.6 is 0 Å². The molecule has 0 aliphatic rings. The number of aromatic nitrogens is 1. The number of likely N-dealkylation sites (N-methyl/N-ethyl adjacent to an activating group) is 1. The monoisotopic (exact) mass is 273 g/mol. The Morgan fingerprint density at radius 2 is 2.22 bits per heavy atom. The van der Waals surface area contributed by atoms with E-state index in [2.05, 4.69) is 15.1 Å². The van der Waals surface area contributed by atoms with Gasteiger partial charge in [-0.2, -0.15) is 0 Å². The van der Waals surface area contributed by atoms with Crippen LogP contribution in [-0.2, 0) is 10.0 Å². The van der Waals surface area contributed by atoms with E-state index >= 15 is 0 Å². The minimum absolute atomic E-state index is 0.0478. The number of sulfonamides is 1. The molecule has 0 amide bonds. The topological polar surface area (TPSA) is 100 Å². The lowest BCUT2D eigenvalue weighted by Gasteiger charge is -2.15. The molecule has 4 N–H and O–H groups in total. The summed E-state index contributed by atoms with van der Waals surface area (Å²) in [5.41, 5.74) is 2.66. The van der Waals surface area contributed by atoms with E-state index in [1.807, 2.05) is 18.9 Å². The van der Waals surface area contributed by atoms with Gasteiger partial charge >= 0.3 is 0 Å². The lowest BCUT2D eigenvalue weighted by atomic mass is 10.4. The molecule has 0 saturated carbocycles. The second-order valence-electron chi connectivity index (χ2n) is 3.81. The van der Waals surface area contributed by atoms with E-state index in [4.69, 9.17) is 5.84 Å². The summed E-state index contributed by atoms with van der Waals surface area (Å²) < 4.78 is 26.5. The van der Waals surface area contributed by atoms with Gasteiger partial charge in [0.05, 0.1) is 5.69 Å². The van der Waals surface area contributed by atoms with E-state index in [1.165, 1.54) is 18.5 Å². The number of nitrogens with two attached hydrogens (primary N) is 1. The van der Waals surface area contributed by atoms with Gasteiger partial charge in [0, 0.05) is 25.5 Å². The first-order valence-electron chi connectivity index (χ1n) is 5.60. The number of nitrogen functional groups attached to an aromatic ring is 1. The molecule has 0 fully saturated rings. The predicted octanol–water partition coefficient (Wildman–Crippen LogP) is -0.403. The van der Waals surface area contributed by atoms with Crippen LogP contribution in [-0.4, -0.2) is 45.0 Å². The minimum atomic E-state index is -3.59. The highest BCUT2D eigenvalue weighted by Crippen LogP contribution is 2.17. The van der Waals surface area contributed by atoms with Gasteiger partial charge in [0.2, 0.25) is 10.0 Å². The molecule has 0 spiro atoms. The van der Waals surface area contributed by atoms with Gasteiger partial charge < -0.3 is 10.3 Å². The second-order valence-corrected chi connectivity index (χ2v) is 5.55. The summed E-state index contributed by atoms with van der Waals surface area (Å²) in [5, 5.41) is 0. The van der Waals surface area contributed by atoms with Crippen molar-refractivity contribution in [1.82, 2.24) is 14.6 Å². The van der Waals surface area contributed by atoms with E-state index < -0.39 is 10.0 Å². The van der Waals surface area contributed by atoms with Crippen molar-refractivity contribution in [1.29, 1.82) is 0 Å². The van der Waals surface area contributed by atoms with Crippen LogP contribution in [0.4, 0.5) is 5.69 Å². The van der Waals surface area contributed by atoms with Crippen LogP contribution in [0.1, 0.15) is 6.92 Å². The number of anilines is 1. The molecule has 8 heteroatoms. The maximum Gasteiger partial charge on any atom is 0.244 e. The Kier molecular flexibility index (Phi) is 5.48. The van der Waals surface area contributed by atoms with Crippen molar-refractivity contribution < 1.29 is 8.42 Å². The molecule has 1 aromatic heterocycles. The van der Waals surface area contributed by atoms with E-state index in [-0.39, 0.29) is 4.90 Å². The first-order chi connectivity index (χ1) is 8.51. The van der Waals surface area contributed by atoms with Crippen LogP contribution in [0.5, 0.6) is 0 Å². The fourth-order valence-corrected chi connectivity index (χ4v) is 2.45. The third kappa shape index (κ3) is 3.91. The Morgan fingerprint density at radius 1 is 1.50 bits per heavy atom. The molecule has 0 aliphatic heterocycles. The van der Waals surface area contributed by atoms with Gasteiger partial charge in [-0.15, -0.1) is 0 Å². The molecule has 0 saturated heterocycles. The fraction of sp³-hybridized carbons (Fsp3) is 0.500. The zero-order valence-electron chi connectivity index (χ0n) is 10.5. The molecule has 18 heavy (non-hydrogen) atoms. The third-order valence-corrected chi connectivity index (χ3v) is 4.04. The van der Waals surface area contributed by atoms with Crippen molar-refractivity contribution in [2.24, 2.45) is 5.84 Å². The number of pyridine rings is 1. The summed E-state index contributed by atoms with van der Waals surface area (Å²) >= 11 is 0. The van der Waals surface area contributed by atoms with Crippen molar-refractivity contribution in [3.8, 4) is 0 Å². The Hall–Kier alpha value is -1.22. The molecule has 1 rings (SSSR count). The largest absolute Gasteiger partial charge is 0.323 e. The average molecular weight is 273 g/mol. The average Bonchev–Trinajstić information content (AvgIpc) is 2.38. The molecule has 7 nitrogen and oxygen atoms in total. The number of rotatable bonds is 7. The van der Waals surface area contributed by atoms with Gasteiger partial charge in [0.15, 0.2) is 0 Å². The van der Waals surface area contributed by atoms with Crippen LogP contribution in [0.2, 0.25) is 0 Å². The summed E-state index contributed by atoms with van der Waals surface area (Å²) in [6.45, 7) is 3.85. The van der Waals surface area contributed by atoms with E-state index in [0.717, 1.165) is 6.54 Å². The van der Waals surface area contributed by atoms with E-state index in [1.54, 1.807) is 0 Å². The second kappa shape index (κ2) is 6.64. The van der Waals surface area contributed by atoms with Crippen LogP contribution in [0.15, 0.2) is 23.4 Å². The molecule has 0 unspecified atom stereocenters. The Labute approximate surface area is 107 Å². The highest BCUT2D eigenvalue weighted by molar-refractivity contribution is 7.89. The normalized spacial score (nSPS) is 11.8. The molecule has 0 radical (unpaired) electrons. The lowest BCUT2D eigenvalue weighted by molar-refractivity contribution is 0.358. The van der Waals surface area contributed by atoms with Gasteiger partial charge in [-0.1, -0.05) is 6.92 Å². The summed E-state index contributed by atoms with van der Waals surface area (Å²) in [5.74, 6) is 5.27. The molecule has 102 valence electrons. The summed E-state index contributed by atoms with van der Waals surface area (Å²) in [6, 6.07) is 1.51. The van der Waals surface area contributed by atoms with Crippen molar-refractivity contribution in [2.45, 2.75) is 11.8 Å². The van der Waals surface area contributed by atoms with Gasteiger partial charge in [-0.05, 0) is 19.7 Å². The maximum absolute atomic E-state index is 12.0. The molecule has 0 aliphatic carbocycles. The highest BCUT2D eigenvalue weighted by atomic mass is 32.2. The highest BCUT2D eigenvalue weighted by Gasteiger charge is 2.17. The molecular weight excluding hydrogens is 254 g/mol. The maximum atomic E-state index is 12.0. The van der Waals surface area contributed by atoms with Crippen molar-refractivity contribution in [3.63, 3.8) is 0 Å². The predicted molar refractivity (Wildman–Crippen MR) is 70.4 cm³/mol. The van der Waals surface area contributed by atoms with Crippen LogP contribution < -0.4 is 16.0 Å². The number of hydrogen-bond donors (Lipinski definition) is 3. The van der Waals surface area contributed by atoms with Crippen molar-refractivity contribution in [2.75, 3.05) is 32.1 Å². The standard InChI is InChI=1S/C10H19N5O2S/c1-3-15(2)7-6-13-18(16,17)10-8-12-5-4-9(10)14-11/h4-5,8,13H,3,6-7,11H2,1-2H3,(H,12,14). The third-order valence-electron chi connectivity index (χ3n) is 2.55. The molecule has 1 aromatic rings. The minimum Gasteiger partial charge on any atom is -0.323 e. The van der Waals surface area contributed by atoms with Gasteiger partial charge in [-0.3, -0.25) is 10.8 Å². The zero-order chi connectivity index (χ0) is 13.6. The quantitative estimate of drug-likeness (QED) is 0.461. The molecule has 1 heterocycles. The molecule has 0 bridgehead atoms. The Balaban J connectivity index is 2.74. The molecule has 0 aromatic carbocycles. The number of hydrogen-bond acceptors (Lipinski definition) is 6. The Bertz CT molecular complexity index is 477. The molecule has 0 atom stereocenters. The fourth-order valence-electron chi connectivity index (χ4n) is 1.32. The van der Waals surface area contributed by atoms with Crippen LogP contribution in [0.25, 0.3) is 0 Å². The number of nitrogens with one attached hydrogen (secondary N) is 2. The zero-order valence-corrected chi connectivity index (χ0v) is 11.4. The first kappa shape index (κ1) is 14.8. The van der Waals surface area contributed by atoms with Crippen LogP contribution in [0.3, 0.4) is 0 Å². The summed E-state index contributed by atoms with van der Waals surface area (Å²) in [7, 11) is -1.67. The van der Waals surface area contributed by atoms with Crippen molar-refractivity contribution >= 4 is 15.7 Å². The number of hydrazine groups is 1. The smallest absolute Gasteiger partial charge is 0.244 e. The van der Waals surface area contributed by atoms with Gasteiger partial charge in [0.1, 0.15) is 4.90 Å². The van der Waals surface area contributed by atoms with Gasteiger partial charge in [0.25, 0.3) is 0 Å². The van der Waals surface area contributed by atoms with Gasteiger partial charge in [-0.25, -0.2) is 13.1 Å².